The van der Waals surface area contributed by atoms with E-state index in [0.717, 1.165) is 39.8 Å². The van der Waals surface area contributed by atoms with Gasteiger partial charge in [-0.25, -0.2) is 14.4 Å². The summed E-state index contributed by atoms with van der Waals surface area (Å²) in [5.74, 6) is -1.04. The Labute approximate surface area is 207 Å². The van der Waals surface area contributed by atoms with Gasteiger partial charge in [0.1, 0.15) is 12.7 Å². The standard InChI is InChI=1S/C28H35NO6/c1-8-10-23(34-26(30)24-19(4)13-17(2)14-20(24)5)11-9-12-33-28(32)29-35-27(31)25-21(6)15-18(3)16-22(25)7/h9,11,13-16,23H,8,10,12H2,1-7H3,(H,29,32)/b11-9-. The van der Waals surface area contributed by atoms with Gasteiger partial charge in [0.05, 0.1) is 11.1 Å². The van der Waals surface area contributed by atoms with E-state index in [2.05, 4.69) is 0 Å². The molecular formula is C28H35NO6. The Balaban J connectivity index is 1.88. The summed E-state index contributed by atoms with van der Waals surface area (Å²) < 4.78 is 10.7. The van der Waals surface area contributed by atoms with Crippen LogP contribution in [0, 0.1) is 41.5 Å². The first-order chi connectivity index (χ1) is 16.5. The number of aryl methyl sites for hydroxylation is 6. The average Bonchev–Trinajstić information content (AvgIpc) is 2.73. The first kappa shape index (κ1) is 27.6. The Morgan fingerprint density at radius 1 is 0.829 bits per heavy atom. The third kappa shape index (κ3) is 7.98. The van der Waals surface area contributed by atoms with Crippen LogP contribution in [-0.2, 0) is 14.3 Å². The van der Waals surface area contributed by atoms with Gasteiger partial charge in [-0.3, -0.25) is 0 Å². The van der Waals surface area contributed by atoms with E-state index in [1.807, 2.05) is 64.4 Å². The predicted molar refractivity (Wildman–Crippen MR) is 134 cm³/mol. The van der Waals surface area contributed by atoms with Crippen LogP contribution in [0.1, 0.15) is 73.9 Å². The maximum absolute atomic E-state index is 12.8. The molecule has 1 amide bonds. The molecule has 1 atom stereocenters. The van der Waals surface area contributed by atoms with Crippen LogP contribution in [0.25, 0.3) is 0 Å². The number of ether oxygens (including phenoxy) is 2. The van der Waals surface area contributed by atoms with E-state index in [-0.39, 0.29) is 12.6 Å². The highest BCUT2D eigenvalue weighted by Crippen LogP contribution is 2.19. The minimum atomic E-state index is -0.902. The van der Waals surface area contributed by atoms with Crippen LogP contribution in [0.3, 0.4) is 0 Å². The number of hydrogen-bond donors (Lipinski definition) is 1. The van der Waals surface area contributed by atoms with Gasteiger partial charge in [-0.15, -0.1) is 5.48 Å². The van der Waals surface area contributed by atoms with Gasteiger partial charge in [0.2, 0.25) is 0 Å². The van der Waals surface area contributed by atoms with Gasteiger partial charge in [-0.1, -0.05) is 48.7 Å². The van der Waals surface area contributed by atoms with E-state index >= 15 is 0 Å². The van der Waals surface area contributed by atoms with E-state index in [9.17, 15) is 14.4 Å². The van der Waals surface area contributed by atoms with Crippen LogP contribution < -0.4 is 5.48 Å². The second-order valence-corrected chi connectivity index (χ2v) is 8.80. The summed E-state index contributed by atoms with van der Waals surface area (Å²) in [6.07, 6.45) is 3.37. The van der Waals surface area contributed by atoms with Gasteiger partial charge in [-0.2, -0.15) is 0 Å². The van der Waals surface area contributed by atoms with E-state index in [1.165, 1.54) is 0 Å². The number of nitrogens with one attached hydrogen (secondary N) is 1. The van der Waals surface area contributed by atoms with Crippen molar-refractivity contribution in [1.82, 2.24) is 5.48 Å². The number of amides is 1. The molecule has 7 nitrogen and oxygen atoms in total. The zero-order chi connectivity index (χ0) is 26.1. The lowest BCUT2D eigenvalue weighted by molar-refractivity contribution is 0.0221. The van der Waals surface area contributed by atoms with Crippen molar-refractivity contribution in [2.45, 2.75) is 67.4 Å². The molecule has 0 aliphatic heterocycles. The fourth-order valence-corrected chi connectivity index (χ4v) is 4.18. The Morgan fingerprint density at radius 2 is 1.31 bits per heavy atom. The molecule has 35 heavy (non-hydrogen) atoms. The lowest BCUT2D eigenvalue weighted by atomic mass is 10.00. The molecule has 2 rings (SSSR count). The molecule has 7 heteroatoms. The Morgan fingerprint density at radius 3 is 1.80 bits per heavy atom. The van der Waals surface area contributed by atoms with Gasteiger partial charge >= 0.3 is 18.0 Å². The molecule has 0 aliphatic carbocycles. The summed E-state index contributed by atoms with van der Waals surface area (Å²) >= 11 is 0. The van der Waals surface area contributed by atoms with Crippen molar-refractivity contribution < 1.29 is 28.7 Å². The molecular weight excluding hydrogens is 446 g/mol. The fraction of sp³-hybridized carbons (Fsp3) is 0.393. The maximum atomic E-state index is 12.8. The number of hydrogen-bond acceptors (Lipinski definition) is 6. The van der Waals surface area contributed by atoms with Crippen molar-refractivity contribution in [3.05, 3.63) is 80.9 Å². The molecule has 188 valence electrons. The van der Waals surface area contributed by atoms with Crippen LogP contribution in [-0.4, -0.2) is 30.7 Å². The molecule has 2 aromatic rings. The summed E-state index contributed by atoms with van der Waals surface area (Å²) in [4.78, 5) is 41.9. The van der Waals surface area contributed by atoms with Crippen molar-refractivity contribution in [2.75, 3.05) is 6.61 Å². The summed E-state index contributed by atoms with van der Waals surface area (Å²) in [6, 6.07) is 7.64. The lowest BCUT2D eigenvalue weighted by Crippen LogP contribution is -2.28. The number of esters is 1. The fourth-order valence-electron chi connectivity index (χ4n) is 4.18. The van der Waals surface area contributed by atoms with E-state index in [4.69, 9.17) is 14.3 Å². The minimum Gasteiger partial charge on any atom is -0.455 e. The monoisotopic (exact) mass is 481 g/mol. The SMILES string of the molecule is CCCC(/C=C\COC(=O)NOC(=O)c1c(C)cc(C)cc1C)OC(=O)c1c(C)cc(C)cc1C. The number of rotatable bonds is 8. The van der Waals surface area contributed by atoms with Crippen molar-refractivity contribution in [1.29, 1.82) is 0 Å². The number of carbonyl (C=O) groups is 3. The highest BCUT2D eigenvalue weighted by Gasteiger charge is 2.18. The highest BCUT2D eigenvalue weighted by molar-refractivity contribution is 5.93. The lowest BCUT2D eigenvalue weighted by Gasteiger charge is -2.16. The number of carbonyl (C=O) groups excluding carboxylic acids is 3. The Kier molecular flexibility index (Phi) is 10.1. The number of hydroxylamine groups is 1. The van der Waals surface area contributed by atoms with Gasteiger partial charge in [0, 0.05) is 0 Å². The van der Waals surface area contributed by atoms with Crippen LogP contribution in [0.4, 0.5) is 4.79 Å². The van der Waals surface area contributed by atoms with Crippen molar-refractivity contribution in [2.24, 2.45) is 0 Å². The molecule has 1 N–H and O–H groups in total. The first-order valence-electron chi connectivity index (χ1n) is 11.7. The zero-order valence-electron chi connectivity index (χ0n) is 21.6. The molecule has 0 heterocycles. The van der Waals surface area contributed by atoms with Crippen molar-refractivity contribution >= 4 is 18.0 Å². The third-order valence-corrected chi connectivity index (χ3v) is 5.48. The van der Waals surface area contributed by atoms with Crippen molar-refractivity contribution in [3.63, 3.8) is 0 Å². The molecule has 0 saturated heterocycles. The molecule has 0 aromatic heterocycles. The highest BCUT2D eigenvalue weighted by atomic mass is 16.7. The summed E-state index contributed by atoms with van der Waals surface area (Å²) in [6.45, 7) is 13.2. The van der Waals surface area contributed by atoms with Crippen LogP contribution in [0.5, 0.6) is 0 Å². The largest absolute Gasteiger partial charge is 0.455 e. The quantitative estimate of drug-likeness (QED) is 0.218. The smallest absolute Gasteiger partial charge is 0.441 e. The average molecular weight is 482 g/mol. The molecule has 0 bridgehead atoms. The maximum Gasteiger partial charge on any atom is 0.441 e. The normalized spacial score (nSPS) is 11.7. The van der Waals surface area contributed by atoms with Gasteiger partial charge in [0.25, 0.3) is 0 Å². The van der Waals surface area contributed by atoms with E-state index < -0.39 is 18.2 Å². The van der Waals surface area contributed by atoms with Gasteiger partial charge in [0.15, 0.2) is 0 Å². The molecule has 0 fully saturated rings. The minimum absolute atomic E-state index is 0.0771. The second kappa shape index (κ2) is 12.7. The summed E-state index contributed by atoms with van der Waals surface area (Å²) in [5, 5.41) is 0. The summed E-state index contributed by atoms with van der Waals surface area (Å²) in [5.41, 5.74) is 8.37. The first-order valence-corrected chi connectivity index (χ1v) is 11.7. The van der Waals surface area contributed by atoms with E-state index in [0.29, 0.717) is 17.5 Å². The van der Waals surface area contributed by atoms with Gasteiger partial charge < -0.3 is 14.3 Å². The van der Waals surface area contributed by atoms with Crippen molar-refractivity contribution in [3.8, 4) is 0 Å². The second-order valence-electron chi connectivity index (χ2n) is 8.80. The molecule has 0 saturated carbocycles. The van der Waals surface area contributed by atoms with Crippen LogP contribution >= 0.6 is 0 Å². The number of benzene rings is 2. The predicted octanol–water partition coefficient (Wildman–Crippen LogP) is 5.92. The molecule has 0 spiro atoms. The Hall–Kier alpha value is -3.61. The van der Waals surface area contributed by atoms with Crippen LogP contribution in [0.2, 0.25) is 0 Å². The zero-order valence-corrected chi connectivity index (χ0v) is 21.6. The molecule has 0 radical (unpaired) electrons. The molecule has 0 aliphatic rings. The van der Waals surface area contributed by atoms with Crippen LogP contribution in [0.15, 0.2) is 36.4 Å². The third-order valence-electron chi connectivity index (χ3n) is 5.48. The summed E-state index contributed by atoms with van der Waals surface area (Å²) in [7, 11) is 0. The molecule has 2 aromatic carbocycles. The molecule has 1 unspecified atom stereocenters. The topological polar surface area (TPSA) is 90.9 Å². The van der Waals surface area contributed by atoms with E-state index in [1.54, 1.807) is 26.0 Å². The van der Waals surface area contributed by atoms with Gasteiger partial charge in [-0.05, 0) is 82.4 Å². The Bertz CT molecular complexity index is 1070.